The number of carbonyl (C=O) groups is 1. The maximum Gasteiger partial charge on any atom is 0.314 e. The van der Waals surface area contributed by atoms with Crippen LogP contribution in [0.5, 0.6) is 5.75 Å². The van der Waals surface area contributed by atoms with Crippen molar-refractivity contribution in [2.75, 3.05) is 12.3 Å². The number of carboxylic acid groups (broad SMARTS) is 1. The average molecular weight is 354 g/mol. The Hall–Kier alpha value is -1.23. The first-order chi connectivity index (χ1) is 10.0. The number of nitrogens with two attached hydrogens (primary N) is 1. The Morgan fingerprint density at radius 1 is 1.38 bits per heavy atom. The van der Waals surface area contributed by atoms with Gasteiger partial charge in [-0.1, -0.05) is 12.8 Å². The van der Waals surface area contributed by atoms with Gasteiger partial charge in [-0.05, 0) is 65.2 Å². The molecule has 21 heavy (non-hydrogen) atoms. The summed E-state index contributed by atoms with van der Waals surface area (Å²) in [4.78, 5) is 11.8. The van der Waals surface area contributed by atoms with Crippen molar-refractivity contribution in [3.63, 3.8) is 0 Å². The Labute approximate surface area is 132 Å². The predicted octanol–water partition coefficient (Wildman–Crippen LogP) is 3.72. The van der Waals surface area contributed by atoms with E-state index in [1.54, 1.807) is 0 Å². The third kappa shape index (κ3) is 2.76. The highest BCUT2D eigenvalue weighted by Gasteiger charge is 2.43. The van der Waals surface area contributed by atoms with Gasteiger partial charge in [-0.2, -0.15) is 0 Å². The van der Waals surface area contributed by atoms with Gasteiger partial charge in [0.2, 0.25) is 0 Å². The fourth-order valence-electron chi connectivity index (χ4n) is 3.09. The number of halogens is 1. The summed E-state index contributed by atoms with van der Waals surface area (Å²) in [5, 5.41) is 9.71. The Morgan fingerprint density at radius 2 is 2.05 bits per heavy atom. The summed E-state index contributed by atoms with van der Waals surface area (Å²) in [5.74, 6) is 0.496. The Bertz CT molecular complexity index is 563. The van der Waals surface area contributed by atoms with Crippen molar-refractivity contribution in [3.8, 4) is 5.75 Å². The molecule has 0 amide bonds. The number of benzene rings is 1. The van der Waals surface area contributed by atoms with Gasteiger partial charge in [0.25, 0.3) is 0 Å². The maximum atomic E-state index is 11.8. The van der Waals surface area contributed by atoms with Crippen LogP contribution >= 0.6 is 15.9 Å². The normalized spacial score (nSPS) is 20.4. The molecule has 0 aromatic heterocycles. The van der Waals surface area contributed by atoms with Gasteiger partial charge < -0.3 is 15.6 Å². The molecule has 5 heteroatoms. The molecule has 2 aliphatic rings. The predicted molar refractivity (Wildman–Crippen MR) is 84.6 cm³/mol. The number of hydrogen-bond donors (Lipinski definition) is 2. The molecule has 1 aromatic carbocycles. The van der Waals surface area contributed by atoms with Crippen LogP contribution in [0.2, 0.25) is 0 Å². The minimum atomic E-state index is -0.784. The summed E-state index contributed by atoms with van der Waals surface area (Å²) in [6, 6.07) is 3.68. The summed E-state index contributed by atoms with van der Waals surface area (Å²) in [6.45, 7) is 0.667. The van der Waals surface area contributed by atoms with E-state index in [9.17, 15) is 9.90 Å². The minimum absolute atomic E-state index is 0.554. The van der Waals surface area contributed by atoms with Crippen LogP contribution in [0.1, 0.15) is 44.1 Å². The molecule has 0 bridgehead atoms. The highest BCUT2D eigenvalue weighted by atomic mass is 79.9. The van der Waals surface area contributed by atoms with E-state index in [1.165, 1.54) is 12.8 Å². The summed E-state index contributed by atoms with van der Waals surface area (Å²) in [7, 11) is 0. The molecule has 3 rings (SSSR count). The van der Waals surface area contributed by atoms with E-state index in [0.717, 1.165) is 22.9 Å². The van der Waals surface area contributed by atoms with Crippen molar-refractivity contribution >= 4 is 27.6 Å². The Morgan fingerprint density at radius 3 is 2.62 bits per heavy atom. The molecule has 0 atom stereocenters. The summed E-state index contributed by atoms with van der Waals surface area (Å²) in [5.41, 5.74) is 6.63. The number of anilines is 1. The molecule has 4 nitrogen and oxygen atoms in total. The van der Waals surface area contributed by atoms with E-state index in [4.69, 9.17) is 10.5 Å². The monoisotopic (exact) mass is 353 g/mol. The first kappa shape index (κ1) is 14.7. The molecule has 2 fully saturated rings. The van der Waals surface area contributed by atoms with Crippen LogP contribution < -0.4 is 10.5 Å². The van der Waals surface area contributed by atoms with Gasteiger partial charge in [-0.25, -0.2) is 0 Å². The lowest BCUT2D eigenvalue weighted by molar-refractivity contribution is -0.143. The fraction of sp³-hybridized carbons (Fsp3) is 0.562. The minimum Gasteiger partial charge on any atom is -0.491 e. The van der Waals surface area contributed by atoms with Crippen LogP contribution in [0, 0.1) is 5.92 Å². The van der Waals surface area contributed by atoms with Crippen molar-refractivity contribution in [2.24, 2.45) is 5.92 Å². The Balaban J connectivity index is 1.95. The third-order valence-corrected chi connectivity index (χ3v) is 5.34. The lowest BCUT2D eigenvalue weighted by Gasteiger charge is -2.26. The fourth-order valence-corrected chi connectivity index (χ4v) is 3.53. The van der Waals surface area contributed by atoms with Crippen LogP contribution in [0.15, 0.2) is 16.6 Å². The molecule has 0 spiro atoms. The van der Waals surface area contributed by atoms with Crippen molar-refractivity contribution in [2.45, 2.75) is 43.9 Å². The number of rotatable bonds is 5. The average Bonchev–Trinajstić information content (AvgIpc) is 3.14. The summed E-state index contributed by atoms with van der Waals surface area (Å²) < 4.78 is 6.54. The zero-order valence-corrected chi connectivity index (χ0v) is 13.5. The quantitative estimate of drug-likeness (QED) is 0.791. The van der Waals surface area contributed by atoms with Crippen LogP contribution in [-0.4, -0.2) is 17.7 Å². The summed E-state index contributed by atoms with van der Waals surface area (Å²) >= 11 is 3.44. The molecule has 0 unspecified atom stereocenters. The lowest BCUT2D eigenvalue weighted by atomic mass is 9.79. The van der Waals surface area contributed by atoms with Crippen LogP contribution in [-0.2, 0) is 10.2 Å². The van der Waals surface area contributed by atoms with E-state index < -0.39 is 11.4 Å². The lowest BCUT2D eigenvalue weighted by Crippen LogP contribution is -2.32. The molecular formula is C16H20BrNO3. The van der Waals surface area contributed by atoms with Crippen LogP contribution in [0.3, 0.4) is 0 Å². The van der Waals surface area contributed by atoms with Gasteiger partial charge in [0.1, 0.15) is 5.75 Å². The van der Waals surface area contributed by atoms with Gasteiger partial charge in [0.05, 0.1) is 17.7 Å². The van der Waals surface area contributed by atoms with Gasteiger partial charge >= 0.3 is 5.97 Å². The van der Waals surface area contributed by atoms with E-state index in [-0.39, 0.29) is 0 Å². The molecule has 114 valence electrons. The van der Waals surface area contributed by atoms with Crippen LogP contribution in [0.4, 0.5) is 5.69 Å². The van der Waals surface area contributed by atoms with Crippen molar-refractivity contribution in [3.05, 3.63) is 22.2 Å². The first-order valence-corrected chi connectivity index (χ1v) is 8.28. The Kier molecular flexibility index (Phi) is 3.86. The molecule has 2 saturated carbocycles. The topological polar surface area (TPSA) is 72.6 Å². The largest absolute Gasteiger partial charge is 0.491 e. The third-order valence-electron chi connectivity index (χ3n) is 4.68. The highest BCUT2D eigenvalue weighted by molar-refractivity contribution is 9.10. The zero-order chi connectivity index (χ0) is 15.0. The number of hydrogen-bond acceptors (Lipinski definition) is 3. The number of ether oxygens (including phenoxy) is 1. The standard InChI is InChI=1S/C16H20BrNO3/c17-12-7-11(16(15(19)20)5-1-2-6-16)8-13(14(12)18)21-9-10-3-4-10/h7-8,10H,1-6,9,18H2,(H,19,20). The second kappa shape index (κ2) is 5.52. The van der Waals surface area contributed by atoms with Crippen molar-refractivity contribution < 1.29 is 14.6 Å². The molecule has 1 aromatic rings. The maximum absolute atomic E-state index is 11.8. The van der Waals surface area contributed by atoms with E-state index in [1.807, 2.05) is 12.1 Å². The number of aliphatic carboxylic acids is 1. The van der Waals surface area contributed by atoms with Gasteiger partial charge in [-0.3, -0.25) is 4.79 Å². The van der Waals surface area contributed by atoms with E-state index >= 15 is 0 Å². The first-order valence-electron chi connectivity index (χ1n) is 7.48. The highest BCUT2D eigenvalue weighted by Crippen LogP contribution is 2.45. The number of carboxylic acids is 1. The molecule has 0 heterocycles. The molecule has 0 aliphatic heterocycles. The summed E-state index contributed by atoms with van der Waals surface area (Å²) in [6.07, 6.45) is 5.68. The number of nitrogen functional groups attached to an aromatic ring is 1. The SMILES string of the molecule is Nc1c(Br)cc(C2(C(=O)O)CCCC2)cc1OCC1CC1. The van der Waals surface area contributed by atoms with E-state index in [0.29, 0.717) is 36.8 Å². The van der Waals surface area contributed by atoms with Crippen LogP contribution in [0.25, 0.3) is 0 Å². The second-order valence-electron chi connectivity index (χ2n) is 6.22. The van der Waals surface area contributed by atoms with Crippen molar-refractivity contribution in [1.29, 1.82) is 0 Å². The molecule has 3 N–H and O–H groups in total. The molecule has 2 aliphatic carbocycles. The van der Waals surface area contributed by atoms with Crippen molar-refractivity contribution in [1.82, 2.24) is 0 Å². The molecular weight excluding hydrogens is 334 g/mol. The molecule has 0 saturated heterocycles. The zero-order valence-electron chi connectivity index (χ0n) is 11.9. The van der Waals surface area contributed by atoms with Gasteiger partial charge in [0.15, 0.2) is 0 Å². The molecule has 0 radical (unpaired) electrons. The van der Waals surface area contributed by atoms with Gasteiger partial charge in [-0.15, -0.1) is 0 Å². The van der Waals surface area contributed by atoms with E-state index in [2.05, 4.69) is 15.9 Å². The second-order valence-corrected chi connectivity index (χ2v) is 7.07. The smallest absolute Gasteiger partial charge is 0.314 e. The van der Waals surface area contributed by atoms with Gasteiger partial charge in [0, 0.05) is 4.47 Å².